The maximum absolute atomic E-state index is 12.4. The first-order valence-corrected chi connectivity index (χ1v) is 21.4. The van der Waals surface area contributed by atoms with E-state index in [0.29, 0.717) is 103 Å². The van der Waals surface area contributed by atoms with E-state index in [4.69, 9.17) is 29.2 Å². The van der Waals surface area contributed by atoms with Gasteiger partial charge in [0.15, 0.2) is 0 Å². The van der Waals surface area contributed by atoms with Gasteiger partial charge >= 0.3 is 30.0 Å². The third-order valence-corrected chi connectivity index (χ3v) is 8.96. The highest BCUT2D eigenvalue weighted by Gasteiger charge is 2.25. The van der Waals surface area contributed by atoms with Crippen LogP contribution in [0.4, 0.5) is 9.59 Å². The molecular formula is C41H66N8O16. The summed E-state index contributed by atoms with van der Waals surface area (Å²) < 4.78 is 21.7. The number of unbranched alkanes of at least 4 members (excludes halogenated alkanes) is 4. The van der Waals surface area contributed by atoms with Crippen LogP contribution in [0.25, 0.3) is 0 Å². The highest BCUT2D eigenvalue weighted by Crippen LogP contribution is 2.07. The van der Waals surface area contributed by atoms with E-state index >= 15 is 0 Å². The second-order valence-corrected chi connectivity index (χ2v) is 14.1. The molecule has 0 saturated heterocycles. The predicted octanol–water partition coefficient (Wildman–Crippen LogP) is -0.435. The lowest BCUT2D eigenvalue weighted by atomic mass is 10.1. The highest BCUT2D eigenvalue weighted by molar-refractivity contribution is 5.97. The Morgan fingerprint density at radius 3 is 1.32 bits per heavy atom. The van der Waals surface area contributed by atoms with Gasteiger partial charge in [-0.3, -0.25) is 24.0 Å². The summed E-state index contributed by atoms with van der Waals surface area (Å²) in [5.74, 6) is -5.29. The van der Waals surface area contributed by atoms with Crippen LogP contribution in [0.5, 0.6) is 0 Å². The van der Waals surface area contributed by atoms with E-state index in [9.17, 15) is 48.3 Å². The van der Waals surface area contributed by atoms with Crippen molar-refractivity contribution in [3.63, 3.8) is 0 Å². The average Bonchev–Trinajstić information content (AvgIpc) is 3.27. The number of benzene rings is 1. The summed E-state index contributed by atoms with van der Waals surface area (Å²) >= 11 is 0. The summed E-state index contributed by atoms with van der Waals surface area (Å²) in [6.45, 7) is 4.18. The zero-order chi connectivity index (χ0) is 48.1. The number of rotatable bonds is 38. The van der Waals surface area contributed by atoms with Gasteiger partial charge in [-0.05, 0) is 49.9 Å². The van der Waals surface area contributed by atoms with Crippen LogP contribution in [0.2, 0.25) is 0 Å². The molecule has 1 aromatic rings. The van der Waals surface area contributed by atoms with E-state index in [-0.39, 0.29) is 49.7 Å². The minimum Gasteiger partial charge on any atom is -0.481 e. The molecular weight excluding hydrogens is 860 g/mol. The molecule has 0 saturated carbocycles. The number of carboxylic acid groups (broad SMARTS) is 3. The van der Waals surface area contributed by atoms with Gasteiger partial charge in [0.25, 0.3) is 11.8 Å². The maximum Gasteiger partial charge on any atom is 0.326 e. The number of carboxylic acids is 3. The third-order valence-electron chi connectivity index (χ3n) is 8.96. The molecule has 2 unspecified atom stereocenters. The standard InChI is InChI=1S/C41H66N8O16/c1-42-40(60)47-20-24-65-28-27-64-23-19-46-37(55)30-10-8-29(9-11-30)36(54)45-18-22-63-26-25-62-21-17-44-33(50)7-5-3-2-4-6-16-43-34(51)14-12-31(38(56)57)48-41(61)49-32(39(58)59)13-15-35(52)53/h8-11,31-32H,2-7,12-28H2,1H3,(H,43,51)(H,44,50)(H,45,54)(H,46,55)(H,52,53)(H,56,57)(H,58,59)(H2,42,47,60)(H2,48,49,61). The van der Waals surface area contributed by atoms with Gasteiger partial charge < -0.3 is 76.8 Å². The van der Waals surface area contributed by atoms with Gasteiger partial charge in [0.2, 0.25) is 11.8 Å². The number of hydrogen-bond donors (Lipinski definition) is 11. The molecule has 0 aliphatic heterocycles. The predicted molar refractivity (Wildman–Crippen MR) is 231 cm³/mol. The van der Waals surface area contributed by atoms with Crippen LogP contribution >= 0.6 is 0 Å². The van der Waals surface area contributed by atoms with Gasteiger partial charge in [-0.25, -0.2) is 19.2 Å². The number of hydrogen-bond acceptors (Lipinski definition) is 13. The summed E-state index contributed by atoms with van der Waals surface area (Å²) in [7, 11) is 1.53. The molecule has 1 aromatic carbocycles. The van der Waals surface area contributed by atoms with E-state index in [0.717, 1.165) is 19.3 Å². The van der Waals surface area contributed by atoms with E-state index in [1.54, 1.807) is 24.3 Å². The van der Waals surface area contributed by atoms with Crippen molar-refractivity contribution < 1.29 is 77.4 Å². The molecule has 0 spiro atoms. The number of ether oxygens (including phenoxy) is 4. The fraction of sp³-hybridized carbons (Fsp3) is 0.634. The van der Waals surface area contributed by atoms with Gasteiger partial charge in [0.1, 0.15) is 12.1 Å². The van der Waals surface area contributed by atoms with E-state index in [2.05, 4.69) is 37.2 Å². The van der Waals surface area contributed by atoms with Gasteiger partial charge in [-0.15, -0.1) is 0 Å². The average molecular weight is 927 g/mol. The first kappa shape index (κ1) is 56.9. The number of carbonyl (C=O) groups excluding carboxylic acids is 6. The molecule has 8 amide bonds. The molecule has 65 heavy (non-hydrogen) atoms. The van der Waals surface area contributed by atoms with Gasteiger partial charge in [-0.1, -0.05) is 19.3 Å². The Kier molecular flexibility index (Phi) is 31.7. The van der Waals surface area contributed by atoms with Crippen molar-refractivity contribution in [1.82, 2.24) is 42.5 Å². The molecule has 0 fully saturated rings. The van der Waals surface area contributed by atoms with Crippen LogP contribution in [0.1, 0.15) is 84.9 Å². The van der Waals surface area contributed by atoms with Gasteiger partial charge in [0, 0.05) is 70.2 Å². The number of aliphatic carboxylic acids is 3. The Morgan fingerprint density at radius 1 is 0.462 bits per heavy atom. The zero-order valence-corrected chi connectivity index (χ0v) is 36.9. The molecule has 2 atom stereocenters. The molecule has 0 heterocycles. The van der Waals surface area contributed by atoms with Gasteiger partial charge in [-0.2, -0.15) is 0 Å². The number of amides is 8. The molecule has 24 heteroatoms. The van der Waals surface area contributed by atoms with E-state index in [1.807, 2.05) is 5.32 Å². The van der Waals surface area contributed by atoms with Crippen molar-refractivity contribution in [2.24, 2.45) is 0 Å². The molecule has 366 valence electrons. The molecule has 0 radical (unpaired) electrons. The molecule has 1 rings (SSSR count). The number of nitrogens with one attached hydrogen (secondary N) is 8. The molecule has 0 bridgehead atoms. The molecule has 0 aliphatic rings. The highest BCUT2D eigenvalue weighted by atomic mass is 16.5. The van der Waals surface area contributed by atoms with Crippen molar-refractivity contribution in [1.29, 1.82) is 0 Å². The first-order valence-electron chi connectivity index (χ1n) is 21.4. The quantitative estimate of drug-likeness (QED) is 0.0375. The van der Waals surface area contributed by atoms with Crippen LogP contribution in [0.15, 0.2) is 24.3 Å². The lowest BCUT2D eigenvalue weighted by Crippen LogP contribution is -2.51. The Labute approximate surface area is 377 Å². The summed E-state index contributed by atoms with van der Waals surface area (Å²) in [6.07, 6.45) is 2.80. The van der Waals surface area contributed by atoms with Crippen LogP contribution in [0, 0.1) is 0 Å². The number of urea groups is 2. The molecule has 24 nitrogen and oxygen atoms in total. The third kappa shape index (κ3) is 30.6. The van der Waals surface area contributed by atoms with Crippen molar-refractivity contribution >= 4 is 53.6 Å². The summed E-state index contributed by atoms with van der Waals surface area (Å²) in [5.41, 5.74) is 0.789. The minimum absolute atomic E-state index is 0.0941. The maximum atomic E-state index is 12.4. The van der Waals surface area contributed by atoms with Gasteiger partial charge in [0.05, 0.1) is 52.9 Å². The molecule has 0 aromatic heterocycles. The van der Waals surface area contributed by atoms with Crippen molar-refractivity contribution in [2.45, 2.75) is 76.3 Å². The summed E-state index contributed by atoms with van der Waals surface area (Å²) in [5, 5.41) is 47.3. The van der Waals surface area contributed by atoms with Crippen LogP contribution in [-0.4, -0.2) is 174 Å². The fourth-order valence-corrected chi connectivity index (χ4v) is 5.44. The molecule has 0 aliphatic carbocycles. The Morgan fingerprint density at radius 2 is 0.862 bits per heavy atom. The normalized spacial score (nSPS) is 11.6. The van der Waals surface area contributed by atoms with Crippen LogP contribution < -0.4 is 42.5 Å². The largest absolute Gasteiger partial charge is 0.481 e. The fourth-order valence-electron chi connectivity index (χ4n) is 5.44. The summed E-state index contributed by atoms with van der Waals surface area (Å²) in [6, 6.07) is 1.83. The van der Waals surface area contributed by atoms with E-state index < -0.39 is 54.8 Å². The Balaban J connectivity index is 2.01. The van der Waals surface area contributed by atoms with Crippen molar-refractivity contribution in [3.8, 4) is 0 Å². The van der Waals surface area contributed by atoms with Crippen molar-refractivity contribution in [2.75, 3.05) is 92.6 Å². The zero-order valence-electron chi connectivity index (χ0n) is 36.9. The SMILES string of the molecule is CNC(=O)NCCOCCOCCNC(=O)c1ccc(C(=O)NCCOCCOCCNC(=O)CCCCCCCNC(=O)CCC(NC(=O)NC(CCC(=O)O)C(=O)O)C(=O)O)cc1. The molecule has 11 N–H and O–H groups in total. The lowest BCUT2D eigenvalue weighted by Gasteiger charge is -2.18. The van der Waals surface area contributed by atoms with E-state index in [1.165, 1.54) is 7.05 Å². The second-order valence-electron chi connectivity index (χ2n) is 14.1. The summed E-state index contributed by atoms with van der Waals surface area (Å²) in [4.78, 5) is 106. The second kappa shape index (κ2) is 36.3. The topological polar surface area (TPSA) is 347 Å². The minimum atomic E-state index is -1.53. The van der Waals surface area contributed by atoms with Crippen LogP contribution in [0.3, 0.4) is 0 Å². The smallest absolute Gasteiger partial charge is 0.326 e. The van der Waals surface area contributed by atoms with Crippen molar-refractivity contribution in [3.05, 3.63) is 35.4 Å². The lowest BCUT2D eigenvalue weighted by molar-refractivity contribution is -0.141. The monoisotopic (exact) mass is 926 g/mol. The Bertz CT molecular complexity index is 1620. The first-order chi connectivity index (χ1) is 31.2. The Hall–Kier alpha value is -6.11. The number of carbonyl (C=O) groups is 9. The van der Waals surface area contributed by atoms with Crippen LogP contribution in [-0.2, 0) is 42.9 Å².